The van der Waals surface area contributed by atoms with Gasteiger partial charge in [0, 0.05) is 32.5 Å². The summed E-state index contributed by atoms with van der Waals surface area (Å²) in [7, 11) is 3.30. The van der Waals surface area contributed by atoms with Gasteiger partial charge in [0.1, 0.15) is 5.82 Å². The normalized spacial score (nSPS) is 16.7. The van der Waals surface area contributed by atoms with Gasteiger partial charge in [0.15, 0.2) is 0 Å². The number of methoxy groups -OCH3 is 1. The second kappa shape index (κ2) is 6.46. The van der Waals surface area contributed by atoms with Crippen LogP contribution in [0.3, 0.4) is 0 Å². The highest BCUT2D eigenvalue weighted by Gasteiger charge is 2.38. The Labute approximate surface area is 140 Å². The first-order valence-corrected chi connectivity index (χ1v) is 7.92. The van der Waals surface area contributed by atoms with Crippen LogP contribution >= 0.6 is 0 Å². The number of aromatic nitrogens is 4. The molecule has 0 aliphatic carbocycles. The first kappa shape index (κ1) is 16.2. The highest BCUT2D eigenvalue weighted by Crippen LogP contribution is 2.33. The maximum atomic E-state index is 11.9. The second-order valence-corrected chi connectivity index (χ2v) is 6.31. The zero-order chi connectivity index (χ0) is 17.2. The Hall–Kier alpha value is -2.64. The largest absolute Gasteiger partial charge is 0.469 e. The summed E-state index contributed by atoms with van der Waals surface area (Å²) in [4.78, 5) is 22.9. The van der Waals surface area contributed by atoms with Gasteiger partial charge < -0.3 is 15.0 Å². The smallest absolute Gasteiger partial charge is 0.311 e. The van der Waals surface area contributed by atoms with Crippen LogP contribution < -0.4 is 10.2 Å². The lowest BCUT2D eigenvalue weighted by atomic mass is 9.80. The summed E-state index contributed by atoms with van der Waals surface area (Å²) in [6.07, 6.45) is 6.80. The van der Waals surface area contributed by atoms with Crippen molar-refractivity contribution in [3.05, 3.63) is 24.7 Å². The minimum absolute atomic E-state index is 0.135. The van der Waals surface area contributed by atoms with Gasteiger partial charge in [-0.2, -0.15) is 10.1 Å². The molecule has 2 aromatic heterocycles. The number of nitrogens with zero attached hydrogens (tertiary/aromatic N) is 5. The van der Waals surface area contributed by atoms with E-state index in [0.717, 1.165) is 37.4 Å². The van der Waals surface area contributed by atoms with E-state index in [4.69, 9.17) is 4.74 Å². The van der Waals surface area contributed by atoms with Gasteiger partial charge >= 0.3 is 5.97 Å². The van der Waals surface area contributed by atoms with E-state index < -0.39 is 5.41 Å². The van der Waals surface area contributed by atoms with Crippen molar-refractivity contribution in [3.8, 4) is 0 Å². The minimum Gasteiger partial charge on any atom is -0.469 e. The number of carbonyl (C=O) groups excluding carboxylic acids is 1. The molecule has 1 aliphatic heterocycles. The molecule has 128 valence electrons. The Morgan fingerprint density at radius 2 is 2.12 bits per heavy atom. The molecule has 2 aromatic rings. The van der Waals surface area contributed by atoms with Crippen LogP contribution in [0, 0.1) is 5.41 Å². The first-order chi connectivity index (χ1) is 11.5. The number of ether oxygens (including phenoxy) is 1. The average Bonchev–Trinajstić information content (AvgIpc) is 3.00. The third kappa shape index (κ3) is 3.32. The number of carbonyl (C=O) groups is 1. The van der Waals surface area contributed by atoms with E-state index in [1.54, 1.807) is 17.1 Å². The third-order valence-electron chi connectivity index (χ3n) is 4.47. The maximum Gasteiger partial charge on any atom is 0.311 e. The molecule has 3 rings (SSSR count). The van der Waals surface area contributed by atoms with E-state index in [2.05, 4.69) is 25.3 Å². The molecule has 0 radical (unpaired) electrons. The molecule has 24 heavy (non-hydrogen) atoms. The summed E-state index contributed by atoms with van der Waals surface area (Å²) in [6.45, 7) is 3.48. The monoisotopic (exact) mass is 330 g/mol. The fourth-order valence-corrected chi connectivity index (χ4v) is 2.88. The molecule has 0 aromatic carbocycles. The number of nitrogens with one attached hydrogen (secondary N) is 1. The van der Waals surface area contributed by atoms with Crippen LogP contribution in [-0.4, -0.2) is 45.9 Å². The zero-order valence-corrected chi connectivity index (χ0v) is 14.2. The summed E-state index contributed by atoms with van der Waals surface area (Å²) in [6, 6.07) is 1.88. The number of rotatable bonds is 4. The Balaban J connectivity index is 1.68. The SMILES string of the molecule is COC(=O)C1(C)CCN(c2ccnc(Nc3cnn(C)c3)n2)CC1. The Morgan fingerprint density at radius 1 is 1.38 bits per heavy atom. The lowest BCUT2D eigenvalue weighted by Crippen LogP contribution is -2.43. The van der Waals surface area contributed by atoms with Gasteiger partial charge in [0.2, 0.25) is 5.95 Å². The van der Waals surface area contributed by atoms with Crippen molar-refractivity contribution in [2.24, 2.45) is 12.5 Å². The summed E-state index contributed by atoms with van der Waals surface area (Å²) < 4.78 is 6.63. The zero-order valence-electron chi connectivity index (χ0n) is 14.2. The fraction of sp³-hybridized carbons (Fsp3) is 0.500. The lowest BCUT2D eigenvalue weighted by Gasteiger charge is -2.37. The molecule has 0 bridgehead atoms. The van der Waals surface area contributed by atoms with E-state index in [9.17, 15) is 4.79 Å². The summed E-state index contributed by atoms with van der Waals surface area (Å²) in [5.74, 6) is 1.24. The van der Waals surface area contributed by atoms with Crippen LogP contribution in [-0.2, 0) is 16.6 Å². The van der Waals surface area contributed by atoms with Crippen LogP contribution in [0.2, 0.25) is 0 Å². The predicted octanol–water partition coefficient (Wildman–Crippen LogP) is 1.73. The Bertz CT molecular complexity index is 721. The minimum atomic E-state index is -0.408. The molecule has 1 N–H and O–H groups in total. The number of anilines is 3. The van der Waals surface area contributed by atoms with Crippen LogP contribution in [0.4, 0.5) is 17.5 Å². The molecule has 3 heterocycles. The molecule has 0 saturated carbocycles. The number of piperidine rings is 1. The standard InChI is InChI=1S/C16H22N6O2/c1-16(14(23)24-3)5-8-22(9-6-16)13-4-7-17-15(20-13)19-12-10-18-21(2)11-12/h4,7,10-11H,5-6,8-9H2,1-3H3,(H,17,19,20). The fourth-order valence-electron chi connectivity index (χ4n) is 2.88. The highest BCUT2D eigenvalue weighted by atomic mass is 16.5. The molecule has 0 spiro atoms. The third-order valence-corrected chi connectivity index (χ3v) is 4.47. The molecular weight excluding hydrogens is 308 g/mol. The highest BCUT2D eigenvalue weighted by molar-refractivity contribution is 5.76. The topological polar surface area (TPSA) is 85.2 Å². The van der Waals surface area contributed by atoms with E-state index in [0.29, 0.717) is 5.95 Å². The van der Waals surface area contributed by atoms with Crippen molar-refractivity contribution in [3.63, 3.8) is 0 Å². The van der Waals surface area contributed by atoms with Crippen molar-refractivity contribution in [1.82, 2.24) is 19.7 Å². The van der Waals surface area contributed by atoms with Crippen molar-refractivity contribution in [2.75, 3.05) is 30.4 Å². The molecule has 0 amide bonds. The van der Waals surface area contributed by atoms with Gasteiger partial charge in [-0.1, -0.05) is 0 Å². The van der Waals surface area contributed by atoms with Crippen molar-refractivity contribution in [2.45, 2.75) is 19.8 Å². The van der Waals surface area contributed by atoms with Crippen LogP contribution in [0.1, 0.15) is 19.8 Å². The van der Waals surface area contributed by atoms with Gasteiger partial charge in [-0.05, 0) is 25.8 Å². The van der Waals surface area contributed by atoms with Crippen LogP contribution in [0.25, 0.3) is 0 Å². The quantitative estimate of drug-likeness (QED) is 0.855. The molecule has 1 aliphatic rings. The van der Waals surface area contributed by atoms with Crippen molar-refractivity contribution >= 4 is 23.4 Å². The molecule has 0 unspecified atom stereocenters. The van der Waals surface area contributed by atoms with Gasteiger partial charge in [-0.25, -0.2) is 4.98 Å². The average molecular weight is 330 g/mol. The first-order valence-electron chi connectivity index (χ1n) is 7.92. The lowest BCUT2D eigenvalue weighted by molar-refractivity contribution is -0.152. The van der Waals surface area contributed by atoms with E-state index in [-0.39, 0.29) is 5.97 Å². The molecule has 1 saturated heterocycles. The molecule has 8 heteroatoms. The van der Waals surface area contributed by atoms with Crippen molar-refractivity contribution in [1.29, 1.82) is 0 Å². The van der Waals surface area contributed by atoms with Crippen LogP contribution in [0.15, 0.2) is 24.7 Å². The number of hydrogen-bond acceptors (Lipinski definition) is 7. The molecule has 1 fully saturated rings. The molecule has 8 nitrogen and oxygen atoms in total. The molecule has 0 atom stereocenters. The van der Waals surface area contributed by atoms with E-state index in [1.165, 1.54) is 7.11 Å². The predicted molar refractivity (Wildman–Crippen MR) is 90.1 cm³/mol. The maximum absolute atomic E-state index is 11.9. The number of aryl methyl sites for hydroxylation is 1. The van der Waals surface area contributed by atoms with Gasteiger partial charge in [0.05, 0.1) is 24.4 Å². The summed E-state index contributed by atoms with van der Waals surface area (Å²) in [5.41, 5.74) is 0.432. The van der Waals surface area contributed by atoms with Crippen LogP contribution in [0.5, 0.6) is 0 Å². The Morgan fingerprint density at radius 3 is 2.75 bits per heavy atom. The summed E-state index contributed by atoms with van der Waals surface area (Å²) in [5, 5.41) is 7.25. The number of esters is 1. The Kier molecular flexibility index (Phi) is 4.37. The summed E-state index contributed by atoms with van der Waals surface area (Å²) >= 11 is 0. The molecular formula is C16H22N6O2. The van der Waals surface area contributed by atoms with Gasteiger partial charge in [-0.3, -0.25) is 9.48 Å². The number of hydrogen-bond donors (Lipinski definition) is 1. The second-order valence-electron chi connectivity index (χ2n) is 6.31. The van der Waals surface area contributed by atoms with Gasteiger partial charge in [-0.15, -0.1) is 0 Å². The van der Waals surface area contributed by atoms with Gasteiger partial charge in [0.25, 0.3) is 0 Å². The van der Waals surface area contributed by atoms with E-state index in [1.807, 2.05) is 26.2 Å². The van der Waals surface area contributed by atoms with E-state index >= 15 is 0 Å². The van der Waals surface area contributed by atoms with Crippen molar-refractivity contribution < 1.29 is 9.53 Å².